The zero-order chi connectivity index (χ0) is 21.7. The average molecular weight is 419 g/mol. The van der Waals surface area contributed by atoms with Gasteiger partial charge in [-0.15, -0.1) is 0 Å². The summed E-state index contributed by atoms with van der Waals surface area (Å²) in [6.07, 6.45) is 7.26. The van der Waals surface area contributed by atoms with Crippen LogP contribution in [0.1, 0.15) is 32.0 Å². The topological polar surface area (TPSA) is 81.3 Å². The van der Waals surface area contributed by atoms with Crippen LogP contribution in [-0.4, -0.2) is 30.9 Å². The Morgan fingerprint density at radius 3 is 2.59 bits per heavy atom. The summed E-state index contributed by atoms with van der Waals surface area (Å²) in [5.41, 5.74) is 5.75. The van der Waals surface area contributed by atoms with Gasteiger partial charge in [0.05, 0.1) is 24.1 Å². The first kappa shape index (κ1) is 18.3. The van der Waals surface area contributed by atoms with Crippen molar-refractivity contribution in [1.82, 2.24) is 19.2 Å². The third-order valence-corrected chi connectivity index (χ3v) is 5.62. The van der Waals surface area contributed by atoms with Crippen molar-refractivity contribution in [2.45, 2.75) is 6.54 Å². The van der Waals surface area contributed by atoms with Crippen LogP contribution in [0.4, 0.5) is 5.69 Å². The number of aromatic nitrogens is 4. The molecule has 0 atom stereocenters. The molecule has 32 heavy (non-hydrogen) atoms. The highest BCUT2D eigenvalue weighted by molar-refractivity contribution is 6.22. The Bertz CT molecular complexity index is 1500. The number of amides is 1. The van der Waals surface area contributed by atoms with E-state index in [1.54, 1.807) is 29.2 Å². The van der Waals surface area contributed by atoms with Crippen molar-refractivity contribution < 1.29 is 9.59 Å². The van der Waals surface area contributed by atoms with Gasteiger partial charge in [-0.2, -0.15) is 5.10 Å². The van der Waals surface area contributed by atoms with Gasteiger partial charge < -0.3 is 9.72 Å². The predicted molar refractivity (Wildman–Crippen MR) is 120 cm³/mol. The first-order valence-electron chi connectivity index (χ1n) is 10.2. The highest BCUT2D eigenvalue weighted by atomic mass is 16.1. The van der Waals surface area contributed by atoms with Gasteiger partial charge in [0.1, 0.15) is 5.65 Å². The van der Waals surface area contributed by atoms with E-state index in [9.17, 15) is 9.59 Å². The quantitative estimate of drug-likeness (QED) is 0.468. The van der Waals surface area contributed by atoms with Crippen molar-refractivity contribution in [3.8, 4) is 11.1 Å². The number of hydrogen-bond acceptors (Lipinski definition) is 4. The molecule has 0 bridgehead atoms. The van der Waals surface area contributed by atoms with Gasteiger partial charge in [0.15, 0.2) is 5.78 Å². The Hall–Kier alpha value is -4.52. The van der Waals surface area contributed by atoms with E-state index in [1.165, 1.54) is 0 Å². The van der Waals surface area contributed by atoms with Gasteiger partial charge in [-0.3, -0.25) is 14.3 Å². The van der Waals surface area contributed by atoms with Crippen LogP contribution in [-0.2, 0) is 6.54 Å². The lowest BCUT2D eigenvalue weighted by molar-refractivity contribution is 0.102. The number of nitrogens with zero attached hydrogens (tertiary/aromatic N) is 4. The molecule has 1 N–H and O–H groups in total. The third kappa shape index (κ3) is 2.99. The molecule has 0 unspecified atom stereocenters. The SMILES string of the molecule is O=C(Nc1cnn(Cc2cn3ccccc3n2)c1)c1ccc2c(c1)C(=O)c1ccccc1-2. The van der Waals surface area contributed by atoms with Crippen LogP contribution < -0.4 is 5.32 Å². The second kappa shape index (κ2) is 7.02. The molecule has 3 heterocycles. The van der Waals surface area contributed by atoms with Crippen LogP contribution in [0.3, 0.4) is 0 Å². The van der Waals surface area contributed by atoms with Gasteiger partial charge in [0.2, 0.25) is 0 Å². The molecule has 0 aliphatic heterocycles. The molecular formula is C25H17N5O2. The van der Waals surface area contributed by atoms with E-state index in [2.05, 4.69) is 15.4 Å². The summed E-state index contributed by atoms with van der Waals surface area (Å²) in [5, 5.41) is 7.18. The molecular weight excluding hydrogens is 402 g/mol. The van der Waals surface area contributed by atoms with Crippen molar-refractivity contribution in [2.24, 2.45) is 0 Å². The molecule has 1 aliphatic rings. The third-order valence-electron chi connectivity index (χ3n) is 5.62. The van der Waals surface area contributed by atoms with Crippen LogP contribution >= 0.6 is 0 Å². The number of rotatable bonds is 4. The summed E-state index contributed by atoms with van der Waals surface area (Å²) >= 11 is 0. The number of imidazole rings is 1. The van der Waals surface area contributed by atoms with Gasteiger partial charge in [-0.25, -0.2) is 4.98 Å². The normalized spacial score (nSPS) is 12.1. The number of benzene rings is 2. The average Bonchev–Trinajstić information content (AvgIpc) is 3.50. The first-order chi connectivity index (χ1) is 15.7. The Morgan fingerprint density at radius 1 is 0.906 bits per heavy atom. The van der Waals surface area contributed by atoms with Crippen LogP contribution in [0.15, 0.2) is 85.5 Å². The van der Waals surface area contributed by atoms with Crippen molar-refractivity contribution in [2.75, 3.05) is 5.32 Å². The Morgan fingerprint density at radius 2 is 1.72 bits per heavy atom. The van der Waals surface area contributed by atoms with Crippen molar-refractivity contribution in [3.63, 3.8) is 0 Å². The minimum atomic E-state index is -0.288. The van der Waals surface area contributed by atoms with Gasteiger partial charge in [0, 0.05) is 35.3 Å². The highest BCUT2D eigenvalue weighted by Gasteiger charge is 2.27. The lowest BCUT2D eigenvalue weighted by Gasteiger charge is -2.05. The van der Waals surface area contributed by atoms with Gasteiger partial charge in [0.25, 0.3) is 5.91 Å². The van der Waals surface area contributed by atoms with Crippen molar-refractivity contribution >= 4 is 23.0 Å². The van der Waals surface area contributed by atoms with Crippen LogP contribution in [0.25, 0.3) is 16.8 Å². The first-order valence-corrected chi connectivity index (χ1v) is 10.2. The molecule has 7 heteroatoms. The lowest BCUT2D eigenvalue weighted by atomic mass is 10.0. The van der Waals surface area contributed by atoms with Crippen LogP contribution in [0, 0.1) is 0 Å². The van der Waals surface area contributed by atoms with E-state index in [1.807, 2.05) is 65.3 Å². The second-order valence-corrected chi connectivity index (χ2v) is 7.71. The molecule has 7 nitrogen and oxygen atoms in total. The smallest absolute Gasteiger partial charge is 0.255 e. The fourth-order valence-electron chi connectivity index (χ4n) is 4.12. The maximum absolute atomic E-state index is 12.8. The number of fused-ring (bicyclic) bond motifs is 4. The van der Waals surface area contributed by atoms with Crippen LogP contribution in [0.2, 0.25) is 0 Å². The largest absolute Gasteiger partial charge is 0.319 e. The summed E-state index contributed by atoms with van der Waals surface area (Å²) in [6.45, 7) is 0.489. The number of ketones is 1. The fourth-order valence-corrected chi connectivity index (χ4v) is 4.12. The molecule has 2 aromatic carbocycles. The second-order valence-electron chi connectivity index (χ2n) is 7.71. The van der Waals surface area contributed by atoms with E-state index in [0.29, 0.717) is 28.9 Å². The number of carbonyl (C=O) groups excluding carboxylic acids is 2. The van der Waals surface area contributed by atoms with E-state index in [-0.39, 0.29) is 11.7 Å². The molecule has 0 saturated carbocycles. The number of hydrogen-bond donors (Lipinski definition) is 1. The maximum atomic E-state index is 12.8. The Labute approximate surface area is 183 Å². The Balaban J connectivity index is 1.20. The highest BCUT2D eigenvalue weighted by Crippen LogP contribution is 2.36. The van der Waals surface area contributed by atoms with E-state index < -0.39 is 0 Å². The minimum absolute atomic E-state index is 0.0504. The molecule has 154 valence electrons. The summed E-state index contributed by atoms with van der Waals surface area (Å²) in [4.78, 5) is 30.1. The molecule has 1 aliphatic carbocycles. The summed E-state index contributed by atoms with van der Waals surface area (Å²) in [6, 6.07) is 18.6. The predicted octanol–water partition coefficient (Wildman–Crippen LogP) is 4.04. The molecule has 0 radical (unpaired) electrons. The standard InChI is InChI=1S/C25H17N5O2/c31-24-21-6-2-1-5-19(21)20-9-8-16(11-22(20)24)25(32)28-17-12-26-30(14-17)15-18-13-29-10-4-3-7-23(29)27-18/h1-14H,15H2,(H,28,32). The molecule has 0 spiro atoms. The van der Waals surface area contributed by atoms with Crippen molar-refractivity contribution in [3.05, 3.63) is 108 Å². The minimum Gasteiger partial charge on any atom is -0.319 e. The van der Waals surface area contributed by atoms with Gasteiger partial charge in [-0.05, 0) is 35.4 Å². The molecule has 3 aromatic heterocycles. The number of anilines is 1. The zero-order valence-corrected chi connectivity index (χ0v) is 16.9. The van der Waals surface area contributed by atoms with E-state index >= 15 is 0 Å². The number of pyridine rings is 1. The molecule has 6 rings (SSSR count). The maximum Gasteiger partial charge on any atom is 0.255 e. The van der Waals surface area contributed by atoms with E-state index in [4.69, 9.17) is 0 Å². The lowest BCUT2D eigenvalue weighted by Crippen LogP contribution is -2.12. The number of nitrogens with one attached hydrogen (secondary N) is 1. The summed E-state index contributed by atoms with van der Waals surface area (Å²) in [7, 11) is 0. The number of carbonyl (C=O) groups is 2. The van der Waals surface area contributed by atoms with E-state index in [0.717, 1.165) is 22.5 Å². The molecule has 0 fully saturated rings. The fraction of sp³-hybridized carbons (Fsp3) is 0.0400. The monoisotopic (exact) mass is 419 g/mol. The Kier molecular flexibility index (Phi) is 4.01. The molecule has 5 aromatic rings. The van der Waals surface area contributed by atoms with Gasteiger partial charge >= 0.3 is 0 Å². The van der Waals surface area contributed by atoms with Crippen LogP contribution in [0.5, 0.6) is 0 Å². The summed E-state index contributed by atoms with van der Waals surface area (Å²) < 4.78 is 3.68. The van der Waals surface area contributed by atoms with Gasteiger partial charge in [-0.1, -0.05) is 36.4 Å². The zero-order valence-electron chi connectivity index (χ0n) is 16.9. The summed E-state index contributed by atoms with van der Waals surface area (Å²) in [5.74, 6) is -0.339. The molecule has 0 saturated heterocycles. The van der Waals surface area contributed by atoms with Crippen molar-refractivity contribution in [1.29, 1.82) is 0 Å². The molecule has 1 amide bonds.